The molecule has 0 saturated carbocycles. The first-order valence-corrected chi connectivity index (χ1v) is 5.95. The van der Waals surface area contributed by atoms with Crippen LogP contribution in [-0.2, 0) is 14.9 Å². The Labute approximate surface area is 104 Å². The predicted molar refractivity (Wildman–Crippen MR) is 65.5 cm³/mol. The maximum atomic E-state index is 10.7. The molecule has 0 aliphatic heterocycles. The molecule has 0 bridgehead atoms. The summed E-state index contributed by atoms with van der Waals surface area (Å²) in [4.78, 5) is 15.0. The number of hydrogen-bond acceptors (Lipinski definition) is 6. The lowest BCUT2D eigenvalue weighted by Crippen LogP contribution is -2.30. The highest BCUT2D eigenvalue weighted by Gasteiger charge is 2.21. The highest BCUT2D eigenvalue weighted by molar-refractivity contribution is 7.09. The lowest BCUT2D eigenvalue weighted by Gasteiger charge is -2.12. The summed E-state index contributed by atoms with van der Waals surface area (Å²) in [5, 5.41) is 12.3. The number of rotatable bonds is 5. The van der Waals surface area contributed by atoms with Gasteiger partial charge in [0.1, 0.15) is 5.82 Å². The summed E-state index contributed by atoms with van der Waals surface area (Å²) in [6.45, 7) is 6.24. The molecule has 0 aromatic carbocycles. The summed E-state index contributed by atoms with van der Waals surface area (Å²) in [7, 11) is 1.36. The van der Waals surface area contributed by atoms with Crippen molar-refractivity contribution in [3.8, 4) is 0 Å². The van der Waals surface area contributed by atoms with Gasteiger partial charge in [-0.2, -0.15) is 4.37 Å². The molecule has 0 aliphatic carbocycles. The first-order chi connectivity index (χ1) is 7.84. The number of methoxy groups -OCH3 is 1. The van der Waals surface area contributed by atoms with Crippen LogP contribution in [0.25, 0.3) is 0 Å². The van der Waals surface area contributed by atoms with Gasteiger partial charge in [0.05, 0.1) is 6.54 Å². The molecule has 0 fully saturated rings. The van der Waals surface area contributed by atoms with Crippen LogP contribution >= 0.6 is 11.5 Å². The zero-order valence-electron chi connectivity index (χ0n) is 10.4. The molecule has 0 spiro atoms. The summed E-state index contributed by atoms with van der Waals surface area (Å²) in [5.41, 5.74) is -0.107. The fourth-order valence-electron chi connectivity index (χ4n) is 1.05. The molecule has 1 unspecified atom stereocenters. The molecule has 0 aliphatic rings. The van der Waals surface area contributed by atoms with E-state index in [0.717, 1.165) is 5.82 Å². The van der Waals surface area contributed by atoms with Gasteiger partial charge in [0.25, 0.3) is 0 Å². The molecular formula is C10H17N3O3S. The molecule has 96 valence electrons. The minimum absolute atomic E-state index is 0.107. The van der Waals surface area contributed by atoms with Gasteiger partial charge in [-0.3, -0.25) is 0 Å². The van der Waals surface area contributed by atoms with Crippen LogP contribution in [0, 0.1) is 0 Å². The van der Waals surface area contributed by atoms with E-state index in [-0.39, 0.29) is 12.0 Å². The van der Waals surface area contributed by atoms with Crippen molar-refractivity contribution in [3.05, 3.63) is 5.82 Å². The summed E-state index contributed by atoms with van der Waals surface area (Å²) in [5.74, 6) is -0.255. The van der Waals surface area contributed by atoms with E-state index < -0.39 is 12.1 Å². The quantitative estimate of drug-likeness (QED) is 0.830. The maximum absolute atomic E-state index is 10.7. The molecule has 17 heavy (non-hydrogen) atoms. The van der Waals surface area contributed by atoms with Crippen molar-refractivity contribution in [2.75, 3.05) is 19.0 Å². The average Bonchev–Trinajstić information content (AvgIpc) is 2.66. The van der Waals surface area contributed by atoms with E-state index in [1.165, 1.54) is 18.6 Å². The molecule has 1 aromatic heterocycles. The lowest BCUT2D eigenvalue weighted by atomic mass is 9.96. The van der Waals surface area contributed by atoms with Gasteiger partial charge in [-0.05, 0) is 0 Å². The van der Waals surface area contributed by atoms with Gasteiger partial charge in [0.2, 0.25) is 5.13 Å². The average molecular weight is 259 g/mol. The minimum atomic E-state index is -0.999. The van der Waals surface area contributed by atoms with Crippen molar-refractivity contribution in [1.29, 1.82) is 0 Å². The molecule has 6 nitrogen and oxygen atoms in total. The van der Waals surface area contributed by atoms with Gasteiger partial charge in [-0.25, -0.2) is 9.78 Å². The van der Waals surface area contributed by atoms with Crippen LogP contribution in [0.15, 0.2) is 0 Å². The van der Waals surface area contributed by atoms with Gasteiger partial charge < -0.3 is 15.2 Å². The molecule has 1 atom stereocenters. The topological polar surface area (TPSA) is 84.3 Å². The van der Waals surface area contributed by atoms with E-state index in [0.29, 0.717) is 5.13 Å². The Bertz CT molecular complexity index is 386. The van der Waals surface area contributed by atoms with Crippen molar-refractivity contribution in [2.45, 2.75) is 32.3 Å². The fraction of sp³-hybridized carbons (Fsp3) is 0.700. The fourth-order valence-corrected chi connectivity index (χ4v) is 1.81. The summed E-state index contributed by atoms with van der Waals surface area (Å²) in [6, 6.07) is 0. The number of carboxylic acids is 1. The minimum Gasteiger partial charge on any atom is -0.479 e. The summed E-state index contributed by atoms with van der Waals surface area (Å²) in [6.07, 6.45) is -0.878. The summed E-state index contributed by atoms with van der Waals surface area (Å²) >= 11 is 1.22. The van der Waals surface area contributed by atoms with Gasteiger partial charge in [-0.1, -0.05) is 20.8 Å². The lowest BCUT2D eigenvalue weighted by molar-refractivity contribution is -0.147. The monoisotopic (exact) mass is 259 g/mol. The second-order valence-corrected chi connectivity index (χ2v) is 5.37. The van der Waals surface area contributed by atoms with Crippen LogP contribution < -0.4 is 5.32 Å². The van der Waals surface area contributed by atoms with Crippen molar-refractivity contribution in [1.82, 2.24) is 9.36 Å². The standard InChI is InChI=1S/C10H17N3O3S/c1-10(2,3)8-12-9(17-13-8)11-5-6(16-4)7(14)15/h6H,5H2,1-4H3,(H,14,15)(H,11,12,13). The molecular weight excluding hydrogens is 242 g/mol. The number of aromatic nitrogens is 2. The molecule has 2 N–H and O–H groups in total. The van der Waals surface area contributed by atoms with E-state index >= 15 is 0 Å². The van der Waals surface area contributed by atoms with Crippen molar-refractivity contribution in [2.24, 2.45) is 0 Å². The Balaban J connectivity index is 2.58. The zero-order chi connectivity index (χ0) is 13.1. The Morgan fingerprint density at radius 3 is 2.65 bits per heavy atom. The number of ether oxygens (including phenoxy) is 1. The van der Waals surface area contributed by atoms with Crippen LogP contribution in [0.1, 0.15) is 26.6 Å². The smallest absolute Gasteiger partial charge is 0.334 e. The Morgan fingerprint density at radius 2 is 2.24 bits per heavy atom. The first kappa shape index (κ1) is 13.9. The predicted octanol–water partition coefficient (Wildman–Crippen LogP) is 1.35. The van der Waals surface area contributed by atoms with Crippen LogP contribution in [0.4, 0.5) is 5.13 Å². The number of nitrogens with one attached hydrogen (secondary N) is 1. The van der Waals surface area contributed by atoms with Crippen LogP contribution in [-0.4, -0.2) is 40.2 Å². The first-order valence-electron chi connectivity index (χ1n) is 5.18. The van der Waals surface area contributed by atoms with Gasteiger partial charge in [0.15, 0.2) is 6.10 Å². The SMILES string of the molecule is COC(CNc1nc(C(C)(C)C)ns1)C(=O)O. The highest BCUT2D eigenvalue weighted by atomic mass is 32.1. The number of hydrogen-bond donors (Lipinski definition) is 2. The second kappa shape index (κ2) is 5.42. The van der Waals surface area contributed by atoms with E-state index in [1.807, 2.05) is 20.8 Å². The van der Waals surface area contributed by atoms with Crippen LogP contribution in [0.5, 0.6) is 0 Å². The van der Waals surface area contributed by atoms with E-state index in [4.69, 9.17) is 9.84 Å². The van der Waals surface area contributed by atoms with Gasteiger partial charge >= 0.3 is 5.97 Å². The van der Waals surface area contributed by atoms with Gasteiger partial charge in [-0.15, -0.1) is 0 Å². The van der Waals surface area contributed by atoms with Crippen LogP contribution in [0.3, 0.4) is 0 Å². The van der Waals surface area contributed by atoms with Crippen molar-refractivity contribution in [3.63, 3.8) is 0 Å². The number of nitrogens with zero attached hydrogens (tertiary/aromatic N) is 2. The Kier molecular flexibility index (Phi) is 4.41. The van der Waals surface area contributed by atoms with E-state index in [2.05, 4.69) is 14.7 Å². The third kappa shape index (κ3) is 3.94. The normalized spacial score (nSPS) is 13.4. The van der Waals surface area contributed by atoms with Crippen molar-refractivity contribution >= 4 is 22.6 Å². The number of carbonyl (C=O) groups is 1. The van der Waals surface area contributed by atoms with E-state index in [9.17, 15) is 4.79 Å². The number of anilines is 1. The highest BCUT2D eigenvalue weighted by Crippen LogP contribution is 2.22. The second-order valence-electron chi connectivity index (χ2n) is 4.62. The van der Waals surface area contributed by atoms with E-state index in [1.54, 1.807) is 0 Å². The number of aliphatic carboxylic acids is 1. The molecule has 0 saturated heterocycles. The largest absolute Gasteiger partial charge is 0.479 e. The maximum Gasteiger partial charge on any atom is 0.334 e. The molecule has 0 radical (unpaired) electrons. The van der Waals surface area contributed by atoms with Crippen LogP contribution in [0.2, 0.25) is 0 Å². The Hall–Kier alpha value is -1.21. The molecule has 1 heterocycles. The molecule has 7 heteroatoms. The van der Waals surface area contributed by atoms with Gasteiger partial charge in [0, 0.05) is 24.1 Å². The molecule has 1 aromatic rings. The third-order valence-corrected chi connectivity index (χ3v) is 2.77. The summed E-state index contributed by atoms with van der Waals surface area (Å²) < 4.78 is 9.02. The molecule has 1 rings (SSSR count). The molecule has 0 amide bonds. The number of carboxylic acid groups (broad SMARTS) is 1. The third-order valence-electron chi connectivity index (χ3n) is 2.10. The Morgan fingerprint density at radius 1 is 1.59 bits per heavy atom. The van der Waals surface area contributed by atoms with Crippen molar-refractivity contribution < 1.29 is 14.6 Å². The zero-order valence-corrected chi connectivity index (χ0v) is 11.2.